The molecule has 2 aromatic rings. The van der Waals surface area contributed by atoms with Crippen LogP contribution in [0.4, 0.5) is 0 Å². The van der Waals surface area contributed by atoms with E-state index in [4.69, 9.17) is 14.2 Å². The van der Waals surface area contributed by atoms with Gasteiger partial charge in [0.1, 0.15) is 17.3 Å². The van der Waals surface area contributed by atoms with Gasteiger partial charge in [0.15, 0.2) is 0 Å². The molecule has 2 aliphatic heterocycles. The van der Waals surface area contributed by atoms with Crippen molar-refractivity contribution in [1.29, 1.82) is 0 Å². The fraction of sp³-hybridized carbons (Fsp3) is 0.500. The zero-order valence-electron chi connectivity index (χ0n) is 24.2. The second-order valence-electron chi connectivity index (χ2n) is 10.7. The molecular weight excluding hydrogens is 508 g/mol. The molecule has 2 fully saturated rings. The Morgan fingerprint density at radius 1 is 1.05 bits per heavy atom. The molecule has 2 aliphatic rings. The second kappa shape index (κ2) is 13.8. The van der Waals surface area contributed by atoms with Crippen molar-refractivity contribution in [1.82, 2.24) is 9.80 Å². The number of aryl methyl sites for hydroxylation is 1. The third kappa shape index (κ3) is 7.04. The molecule has 0 bridgehead atoms. The van der Waals surface area contributed by atoms with Crippen LogP contribution in [0.2, 0.25) is 0 Å². The summed E-state index contributed by atoms with van der Waals surface area (Å²) < 4.78 is 17.1. The molecular formula is C32H42N2O6. The van der Waals surface area contributed by atoms with Gasteiger partial charge < -0.3 is 24.2 Å². The van der Waals surface area contributed by atoms with Crippen LogP contribution >= 0.6 is 0 Å². The number of aliphatic hydroxyl groups excluding tert-OH is 1. The molecule has 1 unspecified atom stereocenters. The topological polar surface area (TPSA) is 88.5 Å². The van der Waals surface area contributed by atoms with Gasteiger partial charge in [-0.05, 0) is 75.1 Å². The van der Waals surface area contributed by atoms with Crippen molar-refractivity contribution in [3.63, 3.8) is 0 Å². The molecule has 8 heteroatoms. The van der Waals surface area contributed by atoms with Gasteiger partial charge in [0.2, 0.25) is 0 Å². The van der Waals surface area contributed by atoms with Crippen LogP contribution in [0.1, 0.15) is 62.8 Å². The third-order valence-corrected chi connectivity index (χ3v) is 7.29. The fourth-order valence-corrected chi connectivity index (χ4v) is 5.17. The predicted molar refractivity (Wildman–Crippen MR) is 155 cm³/mol. The number of likely N-dealkylation sites (tertiary alicyclic amines) is 1. The molecule has 2 saturated heterocycles. The monoisotopic (exact) mass is 550 g/mol. The first-order chi connectivity index (χ1) is 19.3. The number of carbonyl (C=O) groups excluding carboxylic acids is 2. The second-order valence-corrected chi connectivity index (χ2v) is 10.7. The van der Waals surface area contributed by atoms with E-state index >= 15 is 0 Å². The molecule has 1 amide bonds. The molecule has 1 atom stereocenters. The highest BCUT2D eigenvalue weighted by Gasteiger charge is 2.45. The van der Waals surface area contributed by atoms with Gasteiger partial charge in [-0.3, -0.25) is 14.5 Å². The largest absolute Gasteiger partial charge is 0.507 e. The van der Waals surface area contributed by atoms with E-state index in [0.29, 0.717) is 44.1 Å². The molecule has 40 heavy (non-hydrogen) atoms. The van der Waals surface area contributed by atoms with Crippen molar-refractivity contribution in [3.8, 4) is 11.5 Å². The lowest BCUT2D eigenvalue weighted by molar-refractivity contribution is -0.140. The van der Waals surface area contributed by atoms with Gasteiger partial charge in [-0.1, -0.05) is 25.5 Å². The first-order valence-electron chi connectivity index (χ1n) is 14.4. The lowest BCUT2D eigenvalue weighted by atomic mass is 9.94. The number of ketones is 1. The van der Waals surface area contributed by atoms with E-state index in [-0.39, 0.29) is 17.4 Å². The summed E-state index contributed by atoms with van der Waals surface area (Å²) in [5.74, 6) is 0.00949. The average Bonchev–Trinajstić information content (AvgIpc) is 3.20. The molecule has 0 aliphatic carbocycles. The summed E-state index contributed by atoms with van der Waals surface area (Å²) in [7, 11) is 0. The SMILES string of the molecule is CCCCOc1ccc(C2C(=C(O)c3ccc(OC(C)C)c(C)c3)C(=O)C(=O)N2CCCN2CCOCC2)cc1. The highest BCUT2D eigenvalue weighted by Crippen LogP contribution is 2.40. The maximum atomic E-state index is 13.4. The van der Waals surface area contributed by atoms with Gasteiger partial charge in [0, 0.05) is 31.7 Å². The van der Waals surface area contributed by atoms with Crippen LogP contribution in [-0.4, -0.2) is 78.7 Å². The molecule has 1 N–H and O–H groups in total. The first-order valence-corrected chi connectivity index (χ1v) is 14.4. The number of aliphatic hydroxyl groups is 1. The number of hydrogen-bond donors (Lipinski definition) is 1. The zero-order chi connectivity index (χ0) is 28.6. The van der Waals surface area contributed by atoms with Gasteiger partial charge in [-0.25, -0.2) is 0 Å². The number of ether oxygens (including phenoxy) is 3. The van der Waals surface area contributed by atoms with E-state index < -0.39 is 17.7 Å². The van der Waals surface area contributed by atoms with E-state index in [0.717, 1.165) is 49.4 Å². The number of Topliss-reactive ketones (excluding diaryl/α,β-unsaturated/α-hetero) is 1. The number of benzene rings is 2. The van der Waals surface area contributed by atoms with Gasteiger partial charge >= 0.3 is 0 Å². The van der Waals surface area contributed by atoms with Crippen LogP contribution in [0.3, 0.4) is 0 Å². The molecule has 0 saturated carbocycles. The third-order valence-electron chi connectivity index (χ3n) is 7.29. The van der Waals surface area contributed by atoms with Crippen LogP contribution in [0, 0.1) is 6.92 Å². The summed E-state index contributed by atoms with van der Waals surface area (Å²) in [4.78, 5) is 30.7. The summed E-state index contributed by atoms with van der Waals surface area (Å²) in [6.45, 7) is 12.9. The van der Waals surface area contributed by atoms with Gasteiger partial charge in [0.05, 0.1) is 37.5 Å². The fourth-order valence-electron chi connectivity index (χ4n) is 5.17. The first kappa shape index (κ1) is 29.6. The molecule has 216 valence electrons. The predicted octanol–water partition coefficient (Wildman–Crippen LogP) is 5.11. The molecule has 0 spiro atoms. The van der Waals surface area contributed by atoms with E-state index in [1.807, 2.05) is 45.0 Å². The Balaban J connectivity index is 1.65. The molecule has 0 radical (unpaired) electrons. The molecule has 0 aromatic heterocycles. The highest BCUT2D eigenvalue weighted by molar-refractivity contribution is 6.46. The Morgan fingerprint density at radius 2 is 1.77 bits per heavy atom. The van der Waals surface area contributed by atoms with Gasteiger partial charge in [-0.2, -0.15) is 0 Å². The van der Waals surface area contributed by atoms with Crippen molar-refractivity contribution >= 4 is 17.4 Å². The average molecular weight is 551 g/mol. The van der Waals surface area contributed by atoms with Crippen LogP contribution < -0.4 is 9.47 Å². The summed E-state index contributed by atoms with van der Waals surface area (Å²) in [5, 5.41) is 11.5. The Labute approximate surface area is 237 Å². The summed E-state index contributed by atoms with van der Waals surface area (Å²) in [5.41, 5.74) is 2.17. The normalized spacial score (nSPS) is 19.4. The van der Waals surface area contributed by atoms with Crippen molar-refractivity contribution in [2.24, 2.45) is 0 Å². The van der Waals surface area contributed by atoms with Gasteiger partial charge in [-0.15, -0.1) is 0 Å². The number of unbranched alkanes of at least 4 members (excludes halogenated alkanes) is 1. The summed E-state index contributed by atoms with van der Waals surface area (Å²) >= 11 is 0. The van der Waals surface area contributed by atoms with Crippen LogP contribution in [-0.2, 0) is 14.3 Å². The zero-order valence-corrected chi connectivity index (χ0v) is 24.2. The van der Waals surface area contributed by atoms with Crippen LogP contribution in [0.15, 0.2) is 48.0 Å². The Morgan fingerprint density at radius 3 is 2.42 bits per heavy atom. The molecule has 2 aromatic carbocycles. The number of hydrogen-bond acceptors (Lipinski definition) is 7. The lowest BCUT2D eigenvalue weighted by Crippen LogP contribution is -2.38. The number of nitrogens with zero attached hydrogens (tertiary/aromatic N) is 2. The van der Waals surface area contributed by atoms with Crippen molar-refractivity contribution in [2.45, 2.75) is 59.1 Å². The maximum Gasteiger partial charge on any atom is 0.295 e. The Bertz CT molecular complexity index is 1200. The van der Waals surface area contributed by atoms with Crippen molar-refractivity contribution < 1.29 is 28.9 Å². The minimum absolute atomic E-state index is 0.00913. The van der Waals surface area contributed by atoms with Gasteiger partial charge in [0.25, 0.3) is 11.7 Å². The smallest absolute Gasteiger partial charge is 0.295 e. The number of rotatable bonds is 12. The highest BCUT2D eigenvalue weighted by atomic mass is 16.5. The Kier molecular flexibility index (Phi) is 10.2. The van der Waals surface area contributed by atoms with Crippen molar-refractivity contribution in [2.75, 3.05) is 46.0 Å². The quantitative estimate of drug-likeness (QED) is 0.170. The molecule has 8 nitrogen and oxygen atoms in total. The standard InChI is InChI=1S/C32H42N2O6/c1-5-6-18-39-26-11-8-24(9-12-26)29-28(30(35)25-10-13-27(23(4)21-25)40-22(2)3)31(36)32(37)34(29)15-7-14-33-16-19-38-20-17-33/h8-13,21-22,29,35H,5-7,14-20H2,1-4H3. The minimum atomic E-state index is -0.693. The number of morpholine rings is 1. The van der Waals surface area contributed by atoms with E-state index in [1.165, 1.54) is 0 Å². The summed E-state index contributed by atoms with van der Waals surface area (Å²) in [6.07, 6.45) is 2.73. The van der Waals surface area contributed by atoms with Crippen LogP contribution in [0.5, 0.6) is 11.5 Å². The van der Waals surface area contributed by atoms with Crippen LogP contribution in [0.25, 0.3) is 5.76 Å². The van der Waals surface area contributed by atoms with Crippen molar-refractivity contribution in [3.05, 3.63) is 64.7 Å². The van der Waals surface area contributed by atoms with E-state index in [1.54, 1.807) is 23.1 Å². The Hall–Kier alpha value is -3.36. The number of carbonyl (C=O) groups is 2. The number of amides is 1. The maximum absolute atomic E-state index is 13.4. The minimum Gasteiger partial charge on any atom is -0.507 e. The summed E-state index contributed by atoms with van der Waals surface area (Å²) in [6, 6.07) is 12.1. The lowest BCUT2D eigenvalue weighted by Gasteiger charge is -2.29. The molecule has 2 heterocycles. The van der Waals surface area contributed by atoms with E-state index in [9.17, 15) is 14.7 Å². The molecule has 4 rings (SSSR count). The van der Waals surface area contributed by atoms with E-state index in [2.05, 4.69) is 11.8 Å².